The Labute approximate surface area is 200 Å². The summed E-state index contributed by atoms with van der Waals surface area (Å²) in [6, 6.07) is 9.90. The number of rotatable bonds is 10. The van der Waals surface area contributed by atoms with Crippen LogP contribution in [-0.4, -0.2) is 50.6 Å². The predicted molar refractivity (Wildman–Crippen MR) is 129 cm³/mol. The molecule has 2 amide bonds. The van der Waals surface area contributed by atoms with Crippen LogP contribution in [0.5, 0.6) is 5.75 Å². The van der Waals surface area contributed by atoms with Crippen molar-refractivity contribution < 1.29 is 22.7 Å². The number of nitrogens with one attached hydrogen (secondary N) is 1. The lowest BCUT2D eigenvalue weighted by atomic mass is 10.1. The topological polar surface area (TPSA) is 92.8 Å². The van der Waals surface area contributed by atoms with Crippen LogP contribution in [0.25, 0.3) is 0 Å². The number of hydrogen-bond acceptors (Lipinski definition) is 5. The number of carbonyl (C=O) groups is 2. The van der Waals surface area contributed by atoms with E-state index >= 15 is 0 Å². The van der Waals surface area contributed by atoms with Crippen molar-refractivity contribution in [2.75, 3.05) is 30.8 Å². The minimum atomic E-state index is -3.55. The van der Waals surface area contributed by atoms with E-state index in [0.29, 0.717) is 24.5 Å². The fourth-order valence-corrected chi connectivity index (χ4v) is 5.33. The van der Waals surface area contributed by atoms with Gasteiger partial charge in [0.05, 0.1) is 15.7 Å². The van der Waals surface area contributed by atoms with E-state index in [-0.39, 0.29) is 34.6 Å². The third-order valence-corrected chi connectivity index (χ3v) is 7.72. The first kappa shape index (κ1) is 25.1. The zero-order valence-corrected chi connectivity index (χ0v) is 20.5. The maximum absolute atomic E-state index is 12.7. The second-order valence-corrected chi connectivity index (χ2v) is 10.4. The Morgan fingerprint density at radius 2 is 1.79 bits per heavy atom. The van der Waals surface area contributed by atoms with Crippen molar-refractivity contribution in [3.8, 4) is 5.75 Å². The summed E-state index contributed by atoms with van der Waals surface area (Å²) in [5.74, 6) is -0.520. The smallest absolute Gasteiger partial charge is 0.260 e. The summed E-state index contributed by atoms with van der Waals surface area (Å²) in [6.07, 6.45) is 2.74. The Balaban J connectivity index is 1.54. The molecule has 2 aromatic rings. The van der Waals surface area contributed by atoms with E-state index in [1.165, 1.54) is 11.6 Å². The van der Waals surface area contributed by atoms with Crippen molar-refractivity contribution in [1.29, 1.82) is 0 Å². The fourth-order valence-electron chi connectivity index (χ4n) is 3.81. The Bertz CT molecular complexity index is 1130. The number of amides is 2. The van der Waals surface area contributed by atoms with Gasteiger partial charge in [-0.3, -0.25) is 9.59 Å². The van der Waals surface area contributed by atoms with Gasteiger partial charge in [-0.25, -0.2) is 8.42 Å². The van der Waals surface area contributed by atoms with Crippen molar-refractivity contribution in [3.05, 3.63) is 52.5 Å². The highest BCUT2D eigenvalue weighted by Gasteiger charge is 2.20. The molecular formula is C24H29ClN2O5S. The van der Waals surface area contributed by atoms with Crippen LogP contribution in [0.4, 0.5) is 5.69 Å². The molecular weight excluding hydrogens is 464 g/mol. The molecule has 0 unspecified atom stereocenters. The van der Waals surface area contributed by atoms with Crippen molar-refractivity contribution in [3.63, 3.8) is 0 Å². The molecule has 3 rings (SSSR count). The number of carbonyl (C=O) groups excluding carboxylic acids is 2. The summed E-state index contributed by atoms with van der Waals surface area (Å²) in [6.45, 7) is 4.85. The van der Waals surface area contributed by atoms with E-state index < -0.39 is 15.7 Å². The summed E-state index contributed by atoms with van der Waals surface area (Å²) in [5, 5.41) is 2.90. The quantitative estimate of drug-likeness (QED) is 0.543. The molecule has 2 aromatic carbocycles. The van der Waals surface area contributed by atoms with Gasteiger partial charge in [-0.05, 0) is 74.6 Å². The minimum Gasteiger partial charge on any atom is -0.482 e. The number of likely N-dealkylation sites (N-methyl/N-ethyl adjacent to an activating group) is 1. The van der Waals surface area contributed by atoms with Crippen molar-refractivity contribution in [2.45, 2.75) is 44.4 Å². The highest BCUT2D eigenvalue weighted by Crippen LogP contribution is 2.28. The van der Waals surface area contributed by atoms with Gasteiger partial charge in [0.2, 0.25) is 5.91 Å². The second-order valence-electron chi connectivity index (χ2n) is 7.90. The third kappa shape index (κ3) is 6.48. The molecule has 33 heavy (non-hydrogen) atoms. The highest BCUT2D eigenvalue weighted by atomic mass is 35.5. The van der Waals surface area contributed by atoms with Crippen molar-refractivity contribution >= 4 is 38.9 Å². The van der Waals surface area contributed by atoms with Gasteiger partial charge in [-0.2, -0.15) is 0 Å². The van der Waals surface area contributed by atoms with Crippen LogP contribution in [-0.2, 0) is 32.3 Å². The van der Waals surface area contributed by atoms with E-state index in [1.54, 1.807) is 29.2 Å². The van der Waals surface area contributed by atoms with E-state index in [4.69, 9.17) is 16.3 Å². The largest absolute Gasteiger partial charge is 0.482 e. The maximum Gasteiger partial charge on any atom is 0.260 e. The Morgan fingerprint density at radius 3 is 2.48 bits per heavy atom. The molecule has 0 heterocycles. The molecule has 0 aliphatic heterocycles. The van der Waals surface area contributed by atoms with Crippen LogP contribution < -0.4 is 10.1 Å². The number of halogens is 1. The Morgan fingerprint density at radius 1 is 1.06 bits per heavy atom. The number of anilines is 1. The Kier molecular flexibility index (Phi) is 8.37. The molecule has 1 aliphatic carbocycles. The molecule has 0 atom stereocenters. The number of fused-ring (bicyclic) bond motifs is 1. The first-order valence-corrected chi connectivity index (χ1v) is 13.1. The molecule has 1 N–H and O–H groups in total. The number of benzene rings is 2. The first-order chi connectivity index (χ1) is 15.7. The van der Waals surface area contributed by atoms with Gasteiger partial charge in [-0.15, -0.1) is 0 Å². The van der Waals surface area contributed by atoms with Gasteiger partial charge in [0, 0.05) is 25.2 Å². The molecule has 0 saturated carbocycles. The maximum atomic E-state index is 12.7. The van der Waals surface area contributed by atoms with E-state index in [1.807, 2.05) is 19.9 Å². The van der Waals surface area contributed by atoms with Crippen molar-refractivity contribution in [2.24, 2.45) is 0 Å². The molecule has 0 fully saturated rings. The summed E-state index contributed by atoms with van der Waals surface area (Å²) >= 11 is 6.22. The van der Waals surface area contributed by atoms with Gasteiger partial charge in [0.25, 0.3) is 5.91 Å². The summed E-state index contributed by atoms with van der Waals surface area (Å²) < 4.78 is 30.8. The number of ether oxygens (including phenoxy) is 1. The van der Waals surface area contributed by atoms with E-state index in [2.05, 4.69) is 5.32 Å². The van der Waals surface area contributed by atoms with Gasteiger partial charge in [-0.1, -0.05) is 17.7 Å². The molecule has 0 aromatic heterocycles. The number of hydrogen-bond donors (Lipinski definition) is 1. The molecule has 0 radical (unpaired) electrons. The predicted octanol–water partition coefficient (Wildman–Crippen LogP) is 3.88. The van der Waals surface area contributed by atoms with Gasteiger partial charge in [0.15, 0.2) is 16.4 Å². The Hall–Kier alpha value is -2.58. The molecule has 7 nitrogen and oxygen atoms in total. The number of aryl methyl sites for hydroxylation is 2. The van der Waals surface area contributed by atoms with Gasteiger partial charge < -0.3 is 15.0 Å². The summed E-state index contributed by atoms with van der Waals surface area (Å²) in [4.78, 5) is 26.3. The summed E-state index contributed by atoms with van der Waals surface area (Å²) in [7, 11) is -3.55. The van der Waals surface area contributed by atoms with Crippen LogP contribution in [0.15, 0.2) is 41.3 Å². The number of sulfone groups is 1. The monoisotopic (exact) mass is 492 g/mol. The van der Waals surface area contributed by atoms with Gasteiger partial charge >= 0.3 is 0 Å². The molecule has 1 aliphatic rings. The van der Waals surface area contributed by atoms with Crippen LogP contribution in [0.3, 0.4) is 0 Å². The van der Waals surface area contributed by atoms with Crippen LogP contribution in [0, 0.1) is 0 Å². The normalized spacial score (nSPS) is 12.8. The second kappa shape index (κ2) is 11.0. The molecule has 9 heteroatoms. The number of nitrogens with zero attached hydrogens (tertiary/aromatic N) is 1. The average molecular weight is 493 g/mol. The van der Waals surface area contributed by atoms with Crippen LogP contribution in [0.2, 0.25) is 5.02 Å². The lowest BCUT2D eigenvalue weighted by Crippen LogP contribution is -2.34. The molecule has 0 bridgehead atoms. The van der Waals surface area contributed by atoms with Crippen LogP contribution in [0.1, 0.15) is 37.8 Å². The van der Waals surface area contributed by atoms with E-state index in [9.17, 15) is 18.0 Å². The lowest BCUT2D eigenvalue weighted by Gasteiger charge is -2.19. The standard InChI is InChI=1S/C24H29ClN2O5S/c1-3-27(4-2)24(29)16-32-22-11-9-19(15-21(22)25)26-23(28)12-13-33(30,31)20-10-8-17-6-5-7-18(17)14-20/h8-11,14-15H,3-7,12-13,16H2,1-2H3,(H,26,28). The van der Waals surface area contributed by atoms with E-state index in [0.717, 1.165) is 24.8 Å². The highest BCUT2D eigenvalue weighted by molar-refractivity contribution is 7.91. The van der Waals surface area contributed by atoms with Crippen LogP contribution >= 0.6 is 11.6 Å². The SMILES string of the molecule is CCN(CC)C(=O)COc1ccc(NC(=O)CCS(=O)(=O)c2ccc3c(c2)CCC3)cc1Cl. The molecule has 178 valence electrons. The molecule has 0 spiro atoms. The zero-order chi connectivity index (χ0) is 24.0. The lowest BCUT2D eigenvalue weighted by molar-refractivity contribution is -0.133. The average Bonchev–Trinajstić information content (AvgIpc) is 3.26. The van der Waals surface area contributed by atoms with Gasteiger partial charge in [0.1, 0.15) is 5.75 Å². The van der Waals surface area contributed by atoms with Crippen molar-refractivity contribution in [1.82, 2.24) is 4.90 Å². The zero-order valence-electron chi connectivity index (χ0n) is 18.9. The minimum absolute atomic E-state index is 0.131. The summed E-state index contributed by atoms with van der Waals surface area (Å²) in [5.41, 5.74) is 2.70. The first-order valence-electron chi connectivity index (χ1n) is 11.1. The third-order valence-electron chi connectivity index (χ3n) is 5.71. The molecule has 0 saturated heterocycles. The fraction of sp³-hybridized carbons (Fsp3) is 0.417.